The summed E-state index contributed by atoms with van der Waals surface area (Å²) < 4.78 is 17.2. The average Bonchev–Trinajstić information content (AvgIpc) is 3.84. The minimum Gasteiger partial charge on any atom is -0.454 e. The Balaban J connectivity index is 1.11. The molecule has 10 aromatic rings. The number of pyridine rings is 1. The molecule has 0 unspecified atom stereocenters. The van der Waals surface area contributed by atoms with Crippen molar-refractivity contribution in [1.29, 1.82) is 0 Å². The summed E-state index contributed by atoms with van der Waals surface area (Å²) >= 11 is 0. The third kappa shape index (κ3) is 5.00. The van der Waals surface area contributed by atoms with E-state index in [1.165, 1.54) is 43.7 Å². The molecule has 0 bridgehead atoms. The molecule has 4 aromatic heterocycles. The minimum absolute atomic E-state index is 0.677. The van der Waals surface area contributed by atoms with Crippen LogP contribution in [0.2, 0.25) is 0 Å². The van der Waals surface area contributed by atoms with Gasteiger partial charge in [0.05, 0.1) is 39.5 Å². The Morgan fingerprint density at radius 2 is 1.13 bits per heavy atom. The highest BCUT2D eigenvalue weighted by Crippen LogP contribution is 2.39. The van der Waals surface area contributed by atoms with Crippen LogP contribution in [0.4, 0.5) is 0 Å². The Kier molecular flexibility index (Phi) is 7.18. The smallest absolute Gasteiger partial charge is 0.333 e. The quantitative estimate of drug-likeness (QED) is 0.168. The van der Waals surface area contributed by atoms with Crippen molar-refractivity contribution >= 4 is 78.5 Å². The summed E-state index contributed by atoms with van der Waals surface area (Å²) in [6.07, 6.45) is 3.52. The number of aromatic nitrogens is 3. The predicted octanol–water partition coefficient (Wildman–Crippen LogP) is 10.7. The van der Waals surface area contributed by atoms with Gasteiger partial charge in [0.2, 0.25) is 0 Å². The molecule has 7 heteroatoms. The third-order valence-corrected chi connectivity index (χ3v) is 11.3. The fourth-order valence-corrected chi connectivity index (χ4v) is 7.76. The summed E-state index contributed by atoms with van der Waals surface area (Å²) in [4.78, 5) is 4.43. The van der Waals surface area contributed by atoms with Gasteiger partial charge in [-0.2, -0.15) is 0 Å². The van der Waals surface area contributed by atoms with Crippen LogP contribution in [0.25, 0.3) is 88.1 Å². The summed E-state index contributed by atoms with van der Waals surface area (Å²) in [7, 11) is 1.69. The molecular weight excluding hydrogens is 665 g/mol. The van der Waals surface area contributed by atoms with Crippen LogP contribution in [0.1, 0.15) is 27.7 Å². The maximum Gasteiger partial charge on any atom is 0.333 e. The number of rotatable bonds is 7. The van der Waals surface area contributed by atoms with E-state index in [1.54, 1.807) is 33.7 Å². The molecule has 0 spiro atoms. The first-order valence-corrected chi connectivity index (χ1v) is 18.3. The highest BCUT2D eigenvalue weighted by atomic mass is 16.5. The Bertz CT molecular complexity index is 3070. The lowest BCUT2D eigenvalue weighted by Crippen LogP contribution is -2.49. The van der Waals surface area contributed by atoms with Crippen molar-refractivity contribution in [1.82, 2.24) is 14.1 Å². The van der Waals surface area contributed by atoms with Gasteiger partial charge in [-0.05, 0) is 111 Å². The first kappa shape index (κ1) is 32.5. The molecule has 0 aliphatic heterocycles. The van der Waals surface area contributed by atoms with E-state index >= 15 is 0 Å². The van der Waals surface area contributed by atoms with Gasteiger partial charge in [0.25, 0.3) is 0 Å². The van der Waals surface area contributed by atoms with Crippen LogP contribution in [-0.2, 0) is 4.65 Å². The van der Waals surface area contributed by atoms with Crippen molar-refractivity contribution in [3.63, 3.8) is 0 Å². The number of aliphatic hydroxyl groups is 1. The van der Waals surface area contributed by atoms with Gasteiger partial charge in [-0.25, -0.2) is 0 Å². The normalized spacial score (nSPS) is 12.6. The van der Waals surface area contributed by atoms with E-state index in [1.807, 2.05) is 19.9 Å². The predicted molar refractivity (Wildman–Crippen MR) is 222 cm³/mol. The Morgan fingerprint density at radius 3 is 1.76 bits per heavy atom. The molecule has 0 amide bonds. The van der Waals surface area contributed by atoms with E-state index in [-0.39, 0.29) is 0 Å². The van der Waals surface area contributed by atoms with Gasteiger partial charge in [-0.3, -0.25) is 4.98 Å². The summed E-state index contributed by atoms with van der Waals surface area (Å²) in [5.41, 5.74) is 9.52. The van der Waals surface area contributed by atoms with Gasteiger partial charge in [0.15, 0.2) is 5.58 Å². The molecule has 54 heavy (non-hydrogen) atoms. The van der Waals surface area contributed by atoms with E-state index in [4.69, 9.17) is 9.07 Å². The molecule has 0 saturated heterocycles. The zero-order valence-electron chi connectivity index (χ0n) is 30.5. The van der Waals surface area contributed by atoms with Crippen molar-refractivity contribution in [3.05, 3.63) is 146 Å². The zero-order valence-corrected chi connectivity index (χ0v) is 30.5. The van der Waals surface area contributed by atoms with Gasteiger partial charge in [-0.15, -0.1) is 0 Å². The van der Waals surface area contributed by atoms with Crippen LogP contribution < -0.4 is 5.46 Å². The minimum atomic E-state index is -1.05. The molecule has 6 nitrogen and oxygen atoms in total. The molecule has 261 valence electrons. The fourth-order valence-electron chi connectivity index (χ4n) is 7.76. The second kappa shape index (κ2) is 11.9. The molecule has 4 heterocycles. The molecule has 0 fully saturated rings. The number of fused-ring (bicyclic) bond motifs is 9. The van der Waals surface area contributed by atoms with Crippen LogP contribution in [-0.4, -0.2) is 37.9 Å². The van der Waals surface area contributed by atoms with Crippen molar-refractivity contribution in [2.75, 3.05) is 0 Å². The number of hydrogen-bond acceptors (Lipinski definition) is 4. The second-order valence-electron chi connectivity index (χ2n) is 15.2. The number of nitrogens with zero attached hydrogens (tertiary/aromatic N) is 3. The SMILES string of the molecule is CC(C)(O)C(C)(C)O[B]c1cncc2oc3ccc(-n4c5ccccc5c5cc(-c6ccc7c(c6)c6ccccc6n7-c6ccccc6)ccc54)cc3c12. The first-order valence-electron chi connectivity index (χ1n) is 18.3. The molecule has 0 atom stereocenters. The lowest BCUT2D eigenvalue weighted by atomic mass is 9.81. The van der Waals surface area contributed by atoms with Crippen molar-refractivity contribution in [2.45, 2.75) is 38.9 Å². The van der Waals surface area contributed by atoms with E-state index in [2.05, 4.69) is 142 Å². The van der Waals surface area contributed by atoms with E-state index in [9.17, 15) is 5.11 Å². The molecule has 1 N–H and O–H groups in total. The Labute approximate surface area is 313 Å². The standard InChI is InChI=1S/C47H37BN3O3/c1-46(2,52)47(3,4)54-48-38-27-49-28-44-45(38)37-26-32(20-23-43(37)53-44)51-40-17-11-9-15-34(40)36-25-30(19-22-42(36)51)29-18-21-41-35(24-29)33-14-8-10-16-39(33)50(41)31-12-6-5-7-13-31/h5-28,52H,1-4H3. The monoisotopic (exact) mass is 702 g/mol. The lowest BCUT2D eigenvalue weighted by Gasteiger charge is -2.37. The summed E-state index contributed by atoms with van der Waals surface area (Å²) in [6.45, 7) is 7.24. The zero-order chi connectivity index (χ0) is 36.8. The van der Waals surface area contributed by atoms with Gasteiger partial charge in [0, 0.05) is 49.9 Å². The molecule has 10 rings (SSSR count). The highest BCUT2D eigenvalue weighted by molar-refractivity contribution is 6.52. The molecule has 0 saturated carbocycles. The second-order valence-corrected chi connectivity index (χ2v) is 15.2. The maximum absolute atomic E-state index is 10.7. The Morgan fingerprint density at radius 1 is 0.556 bits per heavy atom. The van der Waals surface area contributed by atoms with E-state index in [0.717, 1.165) is 44.2 Å². The average molecular weight is 703 g/mol. The molecule has 0 aliphatic rings. The number of hydrogen-bond donors (Lipinski definition) is 1. The van der Waals surface area contributed by atoms with Gasteiger partial charge >= 0.3 is 7.48 Å². The fraction of sp³-hybridized carbons (Fsp3) is 0.128. The number of para-hydroxylation sites is 3. The molecule has 1 radical (unpaired) electrons. The van der Waals surface area contributed by atoms with Gasteiger partial charge in [0.1, 0.15) is 5.58 Å². The van der Waals surface area contributed by atoms with Crippen molar-refractivity contribution in [2.24, 2.45) is 0 Å². The first-order chi connectivity index (χ1) is 26.2. The molecular formula is C47H37BN3O3. The topological polar surface area (TPSA) is 65.3 Å². The summed E-state index contributed by atoms with van der Waals surface area (Å²) in [5, 5.41) is 17.4. The largest absolute Gasteiger partial charge is 0.454 e. The van der Waals surface area contributed by atoms with Gasteiger partial charge < -0.3 is 23.3 Å². The molecule has 6 aromatic carbocycles. The van der Waals surface area contributed by atoms with E-state index in [0.29, 0.717) is 5.58 Å². The van der Waals surface area contributed by atoms with Crippen LogP contribution in [0.5, 0.6) is 0 Å². The van der Waals surface area contributed by atoms with Crippen LogP contribution in [0, 0.1) is 0 Å². The van der Waals surface area contributed by atoms with Crippen LogP contribution in [0.15, 0.2) is 150 Å². The van der Waals surface area contributed by atoms with Crippen molar-refractivity contribution < 1.29 is 14.2 Å². The third-order valence-electron chi connectivity index (χ3n) is 11.3. The summed E-state index contributed by atoms with van der Waals surface area (Å²) in [6, 6.07) is 47.8. The number of benzene rings is 6. The van der Waals surface area contributed by atoms with Crippen molar-refractivity contribution in [3.8, 4) is 22.5 Å². The van der Waals surface area contributed by atoms with E-state index < -0.39 is 11.2 Å². The maximum atomic E-state index is 10.7. The van der Waals surface area contributed by atoms with Crippen LogP contribution >= 0.6 is 0 Å². The summed E-state index contributed by atoms with van der Waals surface area (Å²) in [5.74, 6) is 0. The van der Waals surface area contributed by atoms with Gasteiger partial charge in [-0.1, -0.05) is 66.7 Å². The highest BCUT2D eigenvalue weighted by Gasteiger charge is 2.36. The Hall–Kier alpha value is -6.15. The number of furan rings is 1. The lowest BCUT2D eigenvalue weighted by molar-refractivity contribution is -0.0893. The molecule has 0 aliphatic carbocycles. The van der Waals surface area contributed by atoms with Crippen LogP contribution in [0.3, 0.4) is 0 Å².